The van der Waals surface area contributed by atoms with Gasteiger partial charge in [0.2, 0.25) is 0 Å². The number of rotatable bonds is 7. The van der Waals surface area contributed by atoms with E-state index in [4.69, 9.17) is 9.15 Å². The van der Waals surface area contributed by atoms with Gasteiger partial charge in [0.15, 0.2) is 10.8 Å². The molecule has 0 saturated carbocycles. The monoisotopic (exact) mass is 398 g/mol. The summed E-state index contributed by atoms with van der Waals surface area (Å²) in [7, 11) is 1.35. The van der Waals surface area contributed by atoms with Crippen LogP contribution in [0.3, 0.4) is 0 Å². The normalized spacial score (nSPS) is 11.8. The number of amides is 1. The largest absolute Gasteiger partial charge is 0.469 e. The minimum atomic E-state index is -0.411. The summed E-state index contributed by atoms with van der Waals surface area (Å²) in [5.74, 6) is -0.290. The van der Waals surface area contributed by atoms with Gasteiger partial charge in [-0.15, -0.1) is 11.3 Å². The van der Waals surface area contributed by atoms with Gasteiger partial charge in [-0.2, -0.15) is 0 Å². The van der Waals surface area contributed by atoms with Gasteiger partial charge >= 0.3 is 5.97 Å². The Morgan fingerprint density at radius 3 is 2.57 bits per heavy atom. The van der Waals surface area contributed by atoms with Gasteiger partial charge in [0.1, 0.15) is 4.88 Å². The molecule has 146 valence electrons. The van der Waals surface area contributed by atoms with Crippen molar-refractivity contribution in [3.63, 3.8) is 0 Å². The second-order valence-corrected chi connectivity index (χ2v) is 7.31. The standard InChI is InChI=1S/C21H22N2O4S/c1-4-23(13-14(2)21(25)26-3)20(24)18-17(15-9-6-5-7-10-15)22-19(28-18)16-11-8-12-27-16/h5-12,14H,4,13H2,1-3H3. The number of nitrogens with zero attached hydrogens (tertiary/aromatic N) is 2. The van der Waals surface area contributed by atoms with E-state index in [1.807, 2.05) is 43.3 Å². The summed E-state index contributed by atoms with van der Waals surface area (Å²) in [5, 5.41) is 0.643. The lowest BCUT2D eigenvalue weighted by atomic mass is 10.1. The number of aromatic nitrogens is 1. The molecule has 0 fully saturated rings. The summed E-state index contributed by atoms with van der Waals surface area (Å²) < 4.78 is 10.3. The summed E-state index contributed by atoms with van der Waals surface area (Å²) >= 11 is 1.29. The van der Waals surface area contributed by atoms with E-state index in [0.29, 0.717) is 27.9 Å². The average molecular weight is 398 g/mol. The summed E-state index contributed by atoms with van der Waals surface area (Å²) in [6.45, 7) is 4.39. The predicted octanol–water partition coefficient (Wildman–Crippen LogP) is 4.34. The van der Waals surface area contributed by atoms with E-state index in [9.17, 15) is 9.59 Å². The van der Waals surface area contributed by atoms with Crippen molar-refractivity contribution >= 4 is 23.2 Å². The van der Waals surface area contributed by atoms with Gasteiger partial charge in [-0.25, -0.2) is 4.98 Å². The highest BCUT2D eigenvalue weighted by molar-refractivity contribution is 7.17. The minimum Gasteiger partial charge on any atom is -0.469 e. The zero-order valence-electron chi connectivity index (χ0n) is 16.0. The summed E-state index contributed by atoms with van der Waals surface area (Å²) in [6.07, 6.45) is 1.58. The quantitative estimate of drug-likeness (QED) is 0.554. The van der Waals surface area contributed by atoms with Crippen molar-refractivity contribution in [2.24, 2.45) is 5.92 Å². The maximum Gasteiger partial charge on any atom is 0.310 e. The van der Waals surface area contributed by atoms with Gasteiger partial charge in [0.25, 0.3) is 5.91 Å². The third-order valence-corrected chi connectivity index (χ3v) is 5.43. The Kier molecular flexibility index (Phi) is 6.26. The minimum absolute atomic E-state index is 0.160. The molecule has 0 aliphatic rings. The van der Waals surface area contributed by atoms with E-state index < -0.39 is 5.92 Å². The van der Waals surface area contributed by atoms with E-state index in [1.54, 1.807) is 24.2 Å². The third kappa shape index (κ3) is 4.14. The first-order valence-corrected chi connectivity index (χ1v) is 9.84. The molecule has 0 N–H and O–H groups in total. The maximum absolute atomic E-state index is 13.3. The first kappa shape index (κ1) is 19.8. The van der Waals surface area contributed by atoms with Crippen molar-refractivity contribution in [2.45, 2.75) is 13.8 Å². The van der Waals surface area contributed by atoms with Crippen molar-refractivity contribution in [3.8, 4) is 22.0 Å². The summed E-state index contributed by atoms with van der Waals surface area (Å²) in [5.41, 5.74) is 1.48. The highest BCUT2D eigenvalue weighted by Gasteiger charge is 2.27. The van der Waals surface area contributed by atoms with Crippen molar-refractivity contribution in [3.05, 3.63) is 53.6 Å². The Bertz CT molecular complexity index is 935. The predicted molar refractivity (Wildman–Crippen MR) is 108 cm³/mol. The average Bonchev–Trinajstić information content (AvgIpc) is 3.41. The molecule has 1 amide bonds. The first-order chi connectivity index (χ1) is 13.5. The number of ether oxygens (including phenoxy) is 1. The van der Waals surface area contributed by atoms with Gasteiger partial charge in [-0.3, -0.25) is 9.59 Å². The van der Waals surface area contributed by atoms with Crippen molar-refractivity contribution in [1.82, 2.24) is 9.88 Å². The summed E-state index contributed by atoms with van der Waals surface area (Å²) in [6, 6.07) is 13.2. The van der Waals surface area contributed by atoms with Crippen LogP contribution in [0.5, 0.6) is 0 Å². The van der Waals surface area contributed by atoms with Crippen LogP contribution in [0, 0.1) is 5.92 Å². The second kappa shape index (κ2) is 8.84. The van der Waals surface area contributed by atoms with E-state index in [0.717, 1.165) is 5.56 Å². The molecule has 2 aromatic heterocycles. The van der Waals surface area contributed by atoms with Crippen LogP contribution in [-0.4, -0.2) is 42.0 Å². The number of hydrogen-bond acceptors (Lipinski definition) is 6. The highest BCUT2D eigenvalue weighted by atomic mass is 32.1. The van der Waals surface area contributed by atoms with Crippen LogP contribution in [0.15, 0.2) is 53.1 Å². The van der Waals surface area contributed by atoms with Crippen LogP contribution >= 0.6 is 11.3 Å². The Labute approximate surface area is 167 Å². The van der Waals surface area contributed by atoms with Crippen molar-refractivity contribution in [2.75, 3.05) is 20.2 Å². The van der Waals surface area contributed by atoms with Crippen molar-refractivity contribution in [1.29, 1.82) is 0 Å². The van der Waals surface area contributed by atoms with Crippen LogP contribution in [-0.2, 0) is 9.53 Å². The molecule has 0 bridgehead atoms. The van der Waals surface area contributed by atoms with Crippen molar-refractivity contribution < 1.29 is 18.7 Å². The molecular weight excluding hydrogens is 376 g/mol. The van der Waals surface area contributed by atoms with Gasteiger partial charge in [0.05, 0.1) is 25.0 Å². The second-order valence-electron chi connectivity index (χ2n) is 6.31. The van der Waals surface area contributed by atoms with E-state index in [-0.39, 0.29) is 18.4 Å². The topological polar surface area (TPSA) is 72.6 Å². The number of carbonyl (C=O) groups excluding carboxylic acids is 2. The molecule has 0 aliphatic carbocycles. The molecule has 6 nitrogen and oxygen atoms in total. The Morgan fingerprint density at radius 1 is 1.21 bits per heavy atom. The van der Waals surface area contributed by atoms with Gasteiger partial charge in [0, 0.05) is 18.7 Å². The fourth-order valence-electron chi connectivity index (χ4n) is 2.87. The zero-order valence-corrected chi connectivity index (χ0v) is 16.9. The fourth-order valence-corrected chi connectivity index (χ4v) is 3.89. The third-order valence-electron chi connectivity index (χ3n) is 4.37. The molecule has 0 aliphatic heterocycles. The zero-order chi connectivity index (χ0) is 20.1. The van der Waals surface area contributed by atoms with E-state index in [1.165, 1.54) is 18.4 Å². The highest BCUT2D eigenvalue weighted by Crippen LogP contribution is 2.35. The van der Waals surface area contributed by atoms with Gasteiger partial charge < -0.3 is 14.1 Å². The van der Waals surface area contributed by atoms with Gasteiger partial charge in [-0.05, 0) is 19.1 Å². The molecule has 0 saturated heterocycles. The van der Waals surface area contributed by atoms with E-state index in [2.05, 4.69) is 4.98 Å². The molecule has 7 heteroatoms. The number of methoxy groups -OCH3 is 1. The van der Waals surface area contributed by atoms with Crippen LogP contribution < -0.4 is 0 Å². The lowest BCUT2D eigenvalue weighted by molar-refractivity contribution is -0.145. The molecule has 3 aromatic rings. The lowest BCUT2D eigenvalue weighted by Crippen LogP contribution is -2.37. The molecular formula is C21H22N2O4S. The number of hydrogen-bond donors (Lipinski definition) is 0. The molecule has 1 unspecified atom stereocenters. The first-order valence-electron chi connectivity index (χ1n) is 9.02. The SMILES string of the molecule is CCN(CC(C)C(=O)OC)C(=O)c1sc(-c2ccco2)nc1-c1ccccc1. The number of thiazole rings is 1. The number of carbonyl (C=O) groups is 2. The van der Waals surface area contributed by atoms with Crippen LogP contribution in [0.2, 0.25) is 0 Å². The molecule has 1 atom stereocenters. The van der Waals surface area contributed by atoms with Gasteiger partial charge in [-0.1, -0.05) is 37.3 Å². The van der Waals surface area contributed by atoms with E-state index >= 15 is 0 Å². The Balaban J connectivity index is 1.99. The molecule has 3 rings (SSSR count). The Morgan fingerprint density at radius 2 is 1.96 bits per heavy atom. The molecule has 28 heavy (non-hydrogen) atoms. The molecule has 0 radical (unpaired) electrons. The van der Waals surface area contributed by atoms with Crippen LogP contribution in [0.4, 0.5) is 0 Å². The van der Waals surface area contributed by atoms with Crippen LogP contribution in [0.25, 0.3) is 22.0 Å². The number of esters is 1. The molecule has 2 heterocycles. The number of benzene rings is 1. The molecule has 0 spiro atoms. The number of furan rings is 1. The molecule has 1 aromatic carbocycles. The van der Waals surface area contributed by atoms with Crippen LogP contribution in [0.1, 0.15) is 23.5 Å². The fraction of sp³-hybridized carbons (Fsp3) is 0.286. The summed E-state index contributed by atoms with van der Waals surface area (Å²) in [4.78, 5) is 31.9. The maximum atomic E-state index is 13.3. The Hall–Kier alpha value is -2.93. The lowest BCUT2D eigenvalue weighted by Gasteiger charge is -2.23. The smallest absolute Gasteiger partial charge is 0.310 e.